The number of likely N-dealkylation sites (N-methyl/N-ethyl adjacent to an activating group) is 2. The van der Waals surface area contributed by atoms with Gasteiger partial charge in [0, 0.05) is 12.6 Å². The molecule has 1 heterocycles. The SMILES string of the molecule is CCNC(=O)C(C)N(CC)C1COCC1C(=O)O. The van der Waals surface area contributed by atoms with Crippen LogP contribution >= 0.6 is 0 Å². The summed E-state index contributed by atoms with van der Waals surface area (Å²) in [7, 11) is 0. The van der Waals surface area contributed by atoms with Gasteiger partial charge >= 0.3 is 5.97 Å². The zero-order chi connectivity index (χ0) is 13.7. The van der Waals surface area contributed by atoms with Crippen LogP contribution in [0.5, 0.6) is 0 Å². The number of carbonyl (C=O) groups is 2. The van der Waals surface area contributed by atoms with E-state index in [0.29, 0.717) is 19.7 Å². The highest BCUT2D eigenvalue weighted by molar-refractivity contribution is 5.81. The molecular formula is C12H22N2O4. The number of hydrogen-bond donors (Lipinski definition) is 2. The molecule has 104 valence electrons. The highest BCUT2D eigenvalue weighted by atomic mass is 16.5. The van der Waals surface area contributed by atoms with Crippen LogP contribution in [0, 0.1) is 5.92 Å². The molecule has 1 amide bonds. The van der Waals surface area contributed by atoms with Crippen LogP contribution < -0.4 is 5.32 Å². The van der Waals surface area contributed by atoms with Gasteiger partial charge in [-0.15, -0.1) is 0 Å². The summed E-state index contributed by atoms with van der Waals surface area (Å²) in [5.41, 5.74) is 0. The molecule has 1 saturated heterocycles. The van der Waals surface area contributed by atoms with Gasteiger partial charge in [-0.05, 0) is 20.4 Å². The van der Waals surface area contributed by atoms with Crippen LogP contribution in [-0.4, -0.2) is 60.3 Å². The number of nitrogens with one attached hydrogen (secondary N) is 1. The predicted molar refractivity (Wildman–Crippen MR) is 66.3 cm³/mol. The first kappa shape index (κ1) is 14.9. The van der Waals surface area contributed by atoms with Gasteiger partial charge < -0.3 is 15.2 Å². The molecular weight excluding hydrogens is 236 g/mol. The molecule has 3 atom stereocenters. The molecule has 0 saturated carbocycles. The van der Waals surface area contributed by atoms with E-state index in [-0.39, 0.29) is 24.6 Å². The van der Waals surface area contributed by atoms with Gasteiger partial charge in [-0.2, -0.15) is 0 Å². The van der Waals surface area contributed by atoms with Crippen molar-refractivity contribution in [1.82, 2.24) is 10.2 Å². The lowest BCUT2D eigenvalue weighted by Crippen LogP contribution is -2.53. The van der Waals surface area contributed by atoms with Gasteiger partial charge in [-0.1, -0.05) is 6.92 Å². The summed E-state index contributed by atoms with van der Waals surface area (Å²) in [4.78, 5) is 24.9. The Morgan fingerprint density at radius 1 is 1.44 bits per heavy atom. The third kappa shape index (κ3) is 3.20. The summed E-state index contributed by atoms with van der Waals surface area (Å²) in [6, 6.07) is -0.575. The predicted octanol–water partition coefficient (Wildman–Crippen LogP) is -0.0675. The maximum absolute atomic E-state index is 11.8. The van der Waals surface area contributed by atoms with Gasteiger partial charge in [0.1, 0.15) is 0 Å². The van der Waals surface area contributed by atoms with E-state index in [2.05, 4.69) is 5.32 Å². The van der Waals surface area contributed by atoms with Gasteiger partial charge in [-0.3, -0.25) is 14.5 Å². The lowest BCUT2D eigenvalue weighted by Gasteiger charge is -2.33. The number of rotatable bonds is 6. The molecule has 3 unspecified atom stereocenters. The minimum atomic E-state index is -0.862. The second kappa shape index (κ2) is 6.70. The zero-order valence-electron chi connectivity index (χ0n) is 11.2. The number of aliphatic carboxylic acids is 1. The lowest BCUT2D eigenvalue weighted by molar-refractivity contribution is -0.144. The van der Waals surface area contributed by atoms with Crippen LogP contribution in [0.3, 0.4) is 0 Å². The summed E-state index contributed by atoms with van der Waals surface area (Å²) >= 11 is 0. The van der Waals surface area contributed by atoms with E-state index < -0.39 is 11.9 Å². The summed E-state index contributed by atoms with van der Waals surface area (Å²) in [5.74, 6) is -1.49. The molecule has 0 aromatic carbocycles. The molecule has 0 aromatic heterocycles. The maximum Gasteiger partial charge on any atom is 0.310 e. The van der Waals surface area contributed by atoms with Crippen molar-refractivity contribution >= 4 is 11.9 Å². The average Bonchev–Trinajstić information content (AvgIpc) is 2.79. The fourth-order valence-corrected chi connectivity index (χ4v) is 2.37. The minimum Gasteiger partial charge on any atom is -0.481 e. The summed E-state index contributed by atoms with van der Waals surface area (Å²) in [5, 5.41) is 11.9. The van der Waals surface area contributed by atoms with Crippen molar-refractivity contribution in [1.29, 1.82) is 0 Å². The number of carbonyl (C=O) groups excluding carboxylic acids is 1. The van der Waals surface area contributed by atoms with Crippen molar-refractivity contribution in [3.63, 3.8) is 0 Å². The monoisotopic (exact) mass is 258 g/mol. The highest BCUT2D eigenvalue weighted by Crippen LogP contribution is 2.22. The van der Waals surface area contributed by atoms with Gasteiger partial charge in [0.05, 0.1) is 25.2 Å². The molecule has 18 heavy (non-hydrogen) atoms. The van der Waals surface area contributed by atoms with E-state index >= 15 is 0 Å². The maximum atomic E-state index is 11.8. The Hall–Kier alpha value is -1.14. The van der Waals surface area contributed by atoms with Crippen molar-refractivity contribution in [2.75, 3.05) is 26.3 Å². The van der Waals surface area contributed by atoms with Gasteiger partial charge in [0.25, 0.3) is 0 Å². The quantitative estimate of drug-likeness (QED) is 0.697. The highest BCUT2D eigenvalue weighted by Gasteiger charge is 2.40. The second-order valence-electron chi connectivity index (χ2n) is 4.45. The first-order chi connectivity index (χ1) is 8.52. The molecule has 6 heteroatoms. The molecule has 1 rings (SSSR count). The third-order valence-corrected chi connectivity index (χ3v) is 3.39. The molecule has 1 aliphatic heterocycles. The number of carboxylic acid groups (broad SMARTS) is 1. The van der Waals surface area contributed by atoms with Gasteiger partial charge in [0.2, 0.25) is 5.91 Å². The minimum absolute atomic E-state index is 0.0737. The van der Waals surface area contributed by atoms with E-state index in [1.165, 1.54) is 0 Å². The number of amides is 1. The Balaban J connectivity index is 2.75. The van der Waals surface area contributed by atoms with Crippen molar-refractivity contribution in [2.45, 2.75) is 32.9 Å². The van der Waals surface area contributed by atoms with E-state index in [0.717, 1.165) is 0 Å². The molecule has 0 aromatic rings. The van der Waals surface area contributed by atoms with Crippen LogP contribution in [0.1, 0.15) is 20.8 Å². The van der Waals surface area contributed by atoms with Crippen molar-refractivity contribution in [2.24, 2.45) is 5.92 Å². The Kier molecular flexibility index (Phi) is 5.55. The topological polar surface area (TPSA) is 78.9 Å². The number of ether oxygens (including phenoxy) is 1. The fraction of sp³-hybridized carbons (Fsp3) is 0.833. The Bertz CT molecular complexity index is 308. The van der Waals surface area contributed by atoms with Crippen molar-refractivity contribution in [3.05, 3.63) is 0 Å². The Labute approximate surface area is 107 Å². The van der Waals surface area contributed by atoms with E-state index in [1.807, 2.05) is 18.7 Å². The van der Waals surface area contributed by atoms with Crippen LogP contribution in [0.15, 0.2) is 0 Å². The fourth-order valence-electron chi connectivity index (χ4n) is 2.37. The molecule has 0 spiro atoms. The summed E-state index contributed by atoms with van der Waals surface area (Å²) < 4.78 is 5.25. The molecule has 1 fully saturated rings. The van der Waals surface area contributed by atoms with Crippen LogP contribution in [0.4, 0.5) is 0 Å². The summed E-state index contributed by atoms with van der Waals surface area (Å²) in [6.07, 6.45) is 0. The van der Waals surface area contributed by atoms with Crippen LogP contribution in [-0.2, 0) is 14.3 Å². The number of nitrogens with zero attached hydrogens (tertiary/aromatic N) is 1. The van der Waals surface area contributed by atoms with E-state index in [4.69, 9.17) is 9.84 Å². The first-order valence-corrected chi connectivity index (χ1v) is 6.36. The average molecular weight is 258 g/mol. The van der Waals surface area contributed by atoms with Gasteiger partial charge in [-0.25, -0.2) is 0 Å². The van der Waals surface area contributed by atoms with E-state index in [1.54, 1.807) is 6.92 Å². The first-order valence-electron chi connectivity index (χ1n) is 6.36. The molecule has 0 bridgehead atoms. The summed E-state index contributed by atoms with van der Waals surface area (Å²) in [6.45, 7) is 7.37. The molecule has 0 aliphatic carbocycles. The second-order valence-corrected chi connectivity index (χ2v) is 4.45. The zero-order valence-corrected chi connectivity index (χ0v) is 11.2. The third-order valence-electron chi connectivity index (χ3n) is 3.39. The largest absolute Gasteiger partial charge is 0.481 e. The molecule has 0 radical (unpaired) electrons. The van der Waals surface area contributed by atoms with Gasteiger partial charge in [0.15, 0.2) is 0 Å². The molecule has 2 N–H and O–H groups in total. The van der Waals surface area contributed by atoms with Crippen molar-refractivity contribution < 1.29 is 19.4 Å². The Morgan fingerprint density at radius 2 is 2.11 bits per heavy atom. The Morgan fingerprint density at radius 3 is 2.61 bits per heavy atom. The number of hydrogen-bond acceptors (Lipinski definition) is 4. The number of carboxylic acids is 1. The van der Waals surface area contributed by atoms with Crippen LogP contribution in [0.2, 0.25) is 0 Å². The molecule has 6 nitrogen and oxygen atoms in total. The lowest BCUT2D eigenvalue weighted by atomic mass is 10.0. The normalized spacial score (nSPS) is 25.1. The standard InChI is InChI=1S/C12H22N2O4/c1-4-13-11(15)8(3)14(5-2)10-7-18-6-9(10)12(16)17/h8-10H,4-7H2,1-3H3,(H,13,15)(H,16,17). The van der Waals surface area contributed by atoms with Crippen LogP contribution in [0.25, 0.3) is 0 Å². The smallest absolute Gasteiger partial charge is 0.310 e. The van der Waals surface area contributed by atoms with Crippen molar-refractivity contribution in [3.8, 4) is 0 Å². The van der Waals surface area contributed by atoms with E-state index in [9.17, 15) is 9.59 Å². The molecule has 1 aliphatic rings.